The van der Waals surface area contributed by atoms with E-state index in [-0.39, 0.29) is 21.4 Å². The summed E-state index contributed by atoms with van der Waals surface area (Å²) >= 11 is 6.50. The minimum absolute atomic E-state index is 0.0276. The zero-order chi connectivity index (χ0) is 13.7. The fourth-order valence-corrected chi connectivity index (χ4v) is 2.26. The van der Waals surface area contributed by atoms with E-state index in [4.69, 9.17) is 21.1 Å². The van der Waals surface area contributed by atoms with Gasteiger partial charge in [0.2, 0.25) is 0 Å². The molecule has 0 aliphatic rings. The number of carbonyl (C=O) groups is 1. The van der Waals surface area contributed by atoms with Crippen LogP contribution in [0.3, 0.4) is 0 Å². The third-order valence-corrected chi connectivity index (χ3v) is 3.38. The summed E-state index contributed by atoms with van der Waals surface area (Å²) < 4.78 is 9.74. The van der Waals surface area contributed by atoms with E-state index in [0.717, 1.165) is 17.4 Å². The molecule has 0 spiro atoms. The zero-order valence-corrected chi connectivity index (χ0v) is 11.2. The number of hydrogen-bond acceptors (Lipinski definition) is 6. The Morgan fingerprint density at radius 3 is 2.67 bits per heavy atom. The van der Waals surface area contributed by atoms with Crippen LogP contribution in [-0.2, 0) is 9.47 Å². The number of methoxy groups -OCH3 is 2. The summed E-state index contributed by atoms with van der Waals surface area (Å²) in [4.78, 5) is 21.8. The number of thiophene rings is 1. The molecule has 1 N–H and O–H groups in total. The SMILES string of the molecule is COC(CNC(=O)c1cc([N+](=O)[O-])c(Cl)s1)OC. The number of amides is 1. The van der Waals surface area contributed by atoms with Crippen LogP contribution in [-0.4, -0.2) is 37.9 Å². The molecule has 7 nitrogen and oxygen atoms in total. The molecule has 0 bridgehead atoms. The summed E-state index contributed by atoms with van der Waals surface area (Å²) in [6, 6.07) is 1.14. The first-order valence-corrected chi connectivity index (χ1v) is 5.96. The van der Waals surface area contributed by atoms with Gasteiger partial charge in [-0.2, -0.15) is 0 Å². The van der Waals surface area contributed by atoms with Gasteiger partial charge in [0.15, 0.2) is 10.6 Å². The highest BCUT2D eigenvalue weighted by molar-refractivity contribution is 7.18. The molecule has 0 radical (unpaired) electrons. The fourth-order valence-electron chi connectivity index (χ4n) is 1.12. The lowest BCUT2D eigenvalue weighted by Gasteiger charge is -2.13. The number of hydrogen-bond donors (Lipinski definition) is 1. The molecule has 0 aliphatic heterocycles. The summed E-state index contributed by atoms with van der Waals surface area (Å²) in [6.45, 7) is 0.134. The van der Waals surface area contributed by atoms with Gasteiger partial charge in [-0.1, -0.05) is 11.6 Å². The van der Waals surface area contributed by atoms with Crippen molar-refractivity contribution in [3.05, 3.63) is 25.4 Å². The van der Waals surface area contributed by atoms with Crippen molar-refractivity contribution < 1.29 is 19.2 Å². The molecule has 0 saturated carbocycles. The van der Waals surface area contributed by atoms with Gasteiger partial charge in [0.05, 0.1) is 11.5 Å². The molecule has 18 heavy (non-hydrogen) atoms. The molecule has 0 aromatic carbocycles. The largest absolute Gasteiger partial charge is 0.354 e. The molecule has 1 heterocycles. The quantitative estimate of drug-likeness (QED) is 0.489. The molecule has 1 aromatic heterocycles. The van der Waals surface area contributed by atoms with Gasteiger partial charge in [-0.15, -0.1) is 11.3 Å². The van der Waals surface area contributed by atoms with E-state index in [9.17, 15) is 14.9 Å². The van der Waals surface area contributed by atoms with Gasteiger partial charge in [-0.05, 0) is 0 Å². The lowest BCUT2D eigenvalue weighted by atomic mass is 10.4. The number of ether oxygens (including phenoxy) is 2. The van der Waals surface area contributed by atoms with Gasteiger partial charge in [-0.25, -0.2) is 0 Å². The Bertz CT molecular complexity index is 446. The lowest BCUT2D eigenvalue weighted by molar-refractivity contribution is -0.384. The van der Waals surface area contributed by atoms with Crippen LogP contribution in [0.25, 0.3) is 0 Å². The topological polar surface area (TPSA) is 90.7 Å². The monoisotopic (exact) mass is 294 g/mol. The molecule has 1 rings (SSSR count). The molecule has 1 aromatic rings. The number of carbonyl (C=O) groups excluding carboxylic acids is 1. The van der Waals surface area contributed by atoms with E-state index < -0.39 is 17.1 Å². The molecular weight excluding hydrogens is 284 g/mol. The van der Waals surface area contributed by atoms with Crippen LogP contribution in [0.4, 0.5) is 5.69 Å². The Hall–Kier alpha value is -1.22. The average Bonchev–Trinajstić information content (AvgIpc) is 2.72. The number of nitrogens with one attached hydrogen (secondary N) is 1. The molecule has 0 unspecified atom stereocenters. The third-order valence-electron chi connectivity index (χ3n) is 2.04. The number of halogens is 1. The number of nitrogens with zero attached hydrogens (tertiary/aromatic N) is 1. The first-order chi connectivity index (χ1) is 8.49. The summed E-state index contributed by atoms with van der Waals surface area (Å²) in [5, 5.41) is 13.1. The Kier molecular flexibility index (Phi) is 5.48. The average molecular weight is 295 g/mol. The molecule has 0 aliphatic carbocycles. The summed E-state index contributed by atoms with van der Waals surface area (Å²) in [7, 11) is 2.88. The Balaban J connectivity index is 2.67. The standard InChI is InChI=1S/C9H11ClN2O5S/c1-16-7(17-2)4-11-9(13)6-3-5(12(14)15)8(10)18-6/h3,7H,4H2,1-2H3,(H,11,13). The van der Waals surface area contributed by atoms with E-state index in [1.165, 1.54) is 14.2 Å². The number of nitro groups is 1. The molecule has 1 amide bonds. The maximum atomic E-state index is 11.7. The zero-order valence-electron chi connectivity index (χ0n) is 9.64. The number of rotatable bonds is 6. The molecule has 100 valence electrons. The lowest BCUT2D eigenvalue weighted by Crippen LogP contribution is -2.33. The second kappa shape index (κ2) is 6.64. The van der Waals surface area contributed by atoms with Crippen molar-refractivity contribution >= 4 is 34.5 Å². The highest BCUT2D eigenvalue weighted by Gasteiger charge is 2.21. The van der Waals surface area contributed by atoms with Crippen LogP contribution in [0.15, 0.2) is 6.07 Å². The summed E-state index contributed by atoms with van der Waals surface area (Å²) in [5.74, 6) is -0.464. The van der Waals surface area contributed by atoms with Crippen LogP contribution in [0.1, 0.15) is 9.67 Å². The first kappa shape index (κ1) is 14.8. The maximum absolute atomic E-state index is 11.7. The van der Waals surface area contributed by atoms with E-state index in [1.54, 1.807) is 0 Å². The van der Waals surface area contributed by atoms with Gasteiger partial charge < -0.3 is 14.8 Å². The minimum atomic E-state index is -0.636. The van der Waals surface area contributed by atoms with Crippen molar-refractivity contribution in [1.29, 1.82) is 0 Å². The van der Waals surface area contributed by atoms with E-state index in [0.29, 0.717) is 0 Å². The van der Waals surface area contributed by atoms with Crippen molar-refractivity contribution in [1.82, 2.24) is 5.32 Å². The Labute approximate surface area is 112 Å². The van der Waals surface area contributed by atoms with Crippen molar-refractivity contribution in [3.8, 4) is 0 Å². The van der Waals surface area contributed by atoms with Crippen LogP contribution in [0.2, 0.25) is 4.34 Å². The molecular formula is C9H11ClN2O5S. The summed E-state index contributed by atoms with van der Waals surface area (Å²) in [6.07, 6.45) is -0.570. The van der Waals surface area contributed by atoms with E-state index in [1.807, 2.05) is 0 Å². The Morgan fingerprint density at radius 1 is 1.61 bits per heavy atom. The van der Waals surface area contributed by atoms with E-state index in [2.05, 4.69) is 5.32 Å². The van der Waals surface area contributed by atoms with Crippen molar-refractivity contribution in [2.24, 2.45) is 0 Å². The summed E-state index contributed by atoms with van der Waals surface area (Å²) in [5.41, 5.74) is -0.276. The minimum Gasteiger partial charge on any atom is -0.354 e. The van der Waals surface area contributed by atoms with Crippen LogP contribution in [0, 0.1) is 10.1 Å². The third kappa shape index (κ3) is 3.64. The Morgan fingerprint density at radius 2 is 2.22 bits per heavy atom. The van der Waals surface area contributed by atoms with Crippen molar-refractivity contribution in [3.63, 3.8) is 0 Å². The molecule has 0 atom stereocenters. The van der Waals surface area contributed by atoms with Gasteiger partial charge in [0.1, 0.15) is 4.88 Å². The van der Waals surface area contributed by atoms with Crippen LogP contribution in [0.5, 0.6) is 0 Å². The van der Waals surface area contributed by atoms with Gasteiger partial charge in [0.25, 0.3) is 11.6 Å². The van der Waals surface area contributed by atoms with Gasteiger partial charge in [-0.3, -0.25) is 14.9 Å². The second-order valence-corrected chi connectivity index (χ2v) is 4.79. The van der Waals surface area contributed by atoms with Crippen LogP contribution >= 0.6 is 22.9 Å². The highest BCUT2D eigenvalue weighted by atomic mass is 35.5. The molecule has 9 heteroatoms. The van der Waals surface area contributed by atoms with E-state index >= 15 is 0 Å². The van der Waals surface area contributed by atoms with Crippen molar-refractivity contribution in [2.45, 2.75) is 6.29 Å². The molecule has 0 saturated heterocycles. The maximum Gasteiger partial charge on any atom is 0.299 e. The van der Waals surface area contributed by atoms with Gasteiger partial charge in [0, 0.05) is 20.3 Å². The normalized spacial score (nSPS) is 10.7. The predicted octanol–water partition coefficient (Wildman–Crippen LogP) is 1.66. The van der Waals surface area contributed by atoms with Crippen molar-refractivity contribution in [2.75, 3.05) is 20.8 Å². The smallest absolute Gasteiger partial charge is 0.299 e. The predicted molar refractivity (Wildman–Crippen MR) is 66.1 cm³/mol. The first-order valence-electron chi connectivity index (χ1n) is 4.77. The highest BCUT2D eigenvalue weighted by Crippen LogP contribution is 2.33. The van der Waals surface area contributed by atoms with Crippen LogP contribution < -0.4 is 5.32 Å². The fraction of sp³-hybridized carbons (Fsp3) is 0.444. The van der Waals surface area contributed by atoms with Gasteiger partial charge >= 0.3 is 0 Å². The second-order valence-electron chi connectivity index (χ2n) is 3.14. The molecule has 0 fully saturated rings.